The molecule has 3 aromatic rings. The van der Waals surface area contributed by atoms with Gasteiger partial charge in [-0.25, -0.2) is 4.68 Å². The number of para-hydroxylation sites is 1. The summed E-state index contributed by atoms with van der Waals surface area (Å²) in [5.41, 5.74) is 4.24. The van der Waals surface area contributed by atoms with Crippen LogP contribution in [0, 0.1) is 6.92 Å². The molecule has 0 aliphatic heterocycles. The van der Waals surface area contributed by atoms with Gasteiger partial charge in [0.2, 0.25) is 0 Å². The Hall–Kier alpha value is -2.42. The van der Waals surface area contributed by atoms with E-state index in [2.05, 4.69) is 17.0 Å². The zero-order valence-electron chi connectivity index (χ0n) is 10.1. The molecular weight excluding hydrogens is 222 g/mol. The summed E-state index contributed by atoms with van der Waals surface area (Å²) in [7, 11) is 0. The predicted octanol–water partition coefficient (Wildman–Crippen LogP) is 3.24. The molecule has 18 heavy (non-hydrogen) atoms. The zero-order valence-corrected chi connectivity index (χ0v) is 10.1. The molecule has 1 aromatic carbocycles. The van der Waals surface area contributed by atoms with Crippen molar-refractivity contribution in [2.45, 2.75) is 6.92 Å². The molecule has 0 amide bonds. The average molecular weight is 235 g/mol. The normalized spacial score (nSPS) is 10.5. The first-order chi connectivity index (χ1) is 8.84. The third-order valence-corrected chi connectivity index (χ3v) is 2.85. The molecule has 0 spiro atoms. The molecule has 88 valence electrons. The van der Waals surface area contributed by atoms with Crippen LogP contribution in [-0.4, -0.2) is 14.8 Å². The van der Waals surface area contributed by atoms with Crippen LogP contribution in [0.2, 0.25) is 0 Å². The van der Waals surface area contributed by atoms with Crippen LogP contribution in [0.1, 0.15) is 5.56 Å². The van der Waals surface area contributed by atoms with Gasteiger partial charge >= 0.3 is 0 Å². The first-order valence-corrected chi connectivity index (χ1v) is 5.87. The van der Waals surface area contributed by atoms with Crippen molar-refractivity contribution in [3.8, 4) is 16.9 Å². The van der Waals surface area contributed by atoms with Gasteiger partial charge in [0, 0.05) is 24.2 Å². The molecule has 2 aromatic heterocycles. The lowest BCUT2D eigenvalue weighted by Crippen LogP contribution is -1.94. The maximum atomic E-state index is 4.63. The van der Waals surface area contributed by atoms with Crippen molar-refractivity contribution in [2.24, 2.45) is 0 Å². The monoisotopic (exact) mass is 235 g/mol. The second kappa shape index (κ2) is 4.45. The Labute approximate surface area is 106 Å². The van der Waals surface area contributed by atoms with E-state index in [0.717, 1.165) is 22.5 Å². The number of benzene rings is 1. The van der Waals surface area contributed by atoms with Crippen molar-refractivity contribution in [2.75, 3.05) is 0 Å². The Kier molecular flexibility index (Phi) is 2.65. The third kappa shape index (κ3) is 1.91. The van der Waals surface area contributed by atoms with E-state index in [0.29, 0.717) is 0 Å². The van der Waals surface area contributed by atoms with Crippen molar-refractivity contribution < 1.29 is 0 Å². The fourth-order valence-electron chi connectivity index (χ4n) is 1.96. The van der Waals surface area contributed by atoms with Gasteiger partial charge in [0.05, 0.1) is 11.4 Å². The molecule has 0 saturated heterocycles. The number of pyridine rings is 1. The van der Waals surface area contributed by atoms with Crippen molar-refractivity contribution in [1.82, 2.24) is 14.8 Å². The van der Waals surface area contributed by atoms with E-state index in [1.807, 2.05) is 59.5 Å². The summed E-state index contributed by atoms with van der Waals surface area (Å²) in [5.74, 6) is 0. The van der Waals surface area contributed by atoms with Crippen molar-refractivity contribution in [3.05, 3.63) is 66.6 Å². The second-order valence-corrected chi connectivity index (χ2v) is 4.18. The fraction of sp³-hybridized carbons (Fsp3) is 0.0667. The summed E-state index contributed by atoms with van der Waals surface area (Å²) in [6.45, 7) is 2.06. The molecule has 0 bridgehead atoms. The molecule has 0 fully saturated rings. The van der Waals surface area contributed by atoms with Crippen LogP contribution in [0.15, 0.2) is 61.1 Å². The molecule has 0 aliphatic rings. The van der Waals surface area contributed by atoms with Gasteiger partial charge in [-0.15, -0.1) is 0 Å². The molecule has 0 atom stereocenters. The van der Waals surface area contributed by atoms with Crippen molar-refractivity contribution >= 4 is 0 Å². The summed E-state index contributed by atoms with van der Waals surface area (Å²) < 4.78 is 1.90. The van der Waals surface area contributed by atoms with Gasteiger partial charge in [-0.05, 0) is 36.8 Å². The van der Waals surface area contributed by atoms with Crippen LogP contribution in [0.4, 0.5) is 0 Å². The van der Waals surface area contributed by atoms with Crippen LogP contribution >= 0.6 is 0 Å². The minimum Gasteiger partial charge on any atom is -0.264 e. The Morgan fingerprint density at radius 2 is 1.83 bits per heavy atom. The highest BCUT2D eigenvalue weighted by molar-refractivity contribution is 5.61. The minimum absolute atomic E-state index is 0.979. The summed E-state index contributed by atoms with van der Waals surface area (Å²) in [4.78, 5) is 4.13. The Morgan fingerprint density at radius 3 is 2.56 bits per heavy atom. The smallest absolute Gasteiger partial charge is 0.0972 e. The average Bonchev–Trinajstić information content (AvgIpc) is 2.83. The first-order valence-electron chi connectivity index (χ1n) is 5.87. The molecule has 0 N–H and O–H groups in total. The van der Waals surface area contributed by atoms with E-state index < -0.39 is 0 Å². The SMILES string of the molecule is Cc1cn(-c2ccccc2)nc1-c1cccnc1. The van der Waals surface area contributed by atoms with Crippen LogP contribution in [0.25, 0.3) is 16.9 Å². The van der Waals surface area contributed by atoms with E-state index >= 15 is 0 Å². The third-order valence-electron chi connectivity index (χ3n) is 2.85. The molecule has 2 heterocycles. The van der Waals surface area contributed by atoms with Gasteiger partial charge in [-0.1, -0.05) is 18.2 Å². The first kappa shape index (κ1) is 10.7. The predicted molar refractivity (Wildman–Crippen MR) is 71.5 cm³/mol. The summed E-state index contributed by atoms with van der Waals surface area (Å²) in [5, 5.41) is 4.63. The molecule has 0 aliphatic carbocycles. The molecule has 0 saturated carbocycles. The van der Waals surface area contributed by atoms with Crippen LogP contribution in [0.5, 0.6) is 0 Å². The molecule has 3 rings (SSSR count). The number of aryl methyl sites for hydroxylation is 1. The summed E-state index contributed by atoms with van der Waals surface area (Å²) >= 11 is 0. The number of rotatable bonds is 2. The second-order valence-electron chi connectivity index (χ2n) is 4.18. The van der Waals surface area contributed by atoms with Crippen molar-refractivity contribution in [1.29, 1.82) is 0 Å². The number of hydrogen-bond acceptors (Lipinski definition) is 2. The largest absolute Gasteiger partial charge is 0.264 e. The van der Waals surface area contributed by atoms with Gasteiger partial charge in [0.1, 0.15) is 0 Å². The lowest BCUT2D eigenvalue weighted by molar-refractivity contribution is 0.883. The number of aromatic nitrogens is 3. The van der Waals surface area contributed by atoms with Gasteiger partial charge < -0.3 is 0 Å². The molecule has 3 heteroatoms. The van der Waals surface area contributed by atoms with Gasteiger partial charge in [0.15, 0.2) is 0 Å². The van der Waals surface area contributed by atoms with E-state index in [1.54, 1.807) is 6.20 Å². The summed E-state index contributed by atoms with van der Waals surface area (Å²) in [6.07, 6.45) is 5.65. The molecular formula is C15H13N3. The standard InChI is InChI=1S/C15H13N3/c1-12-11-18(14-7-3-2-4-8-14)17-15(12)13-6-5-9-16-10-13/h2-11H,1H3. The molecule has 0 radical (unpaired) electrons. The fourth-order valence-corrected chi connectivity index (χ4v) is 1.96. The van der Waals surface area contributed by atoms with E-state index in [4.69, 9.17) is 0 Å². The van der Waals surface area contributed by atoms with Gasteiger partial charge in [-0.2, -0.15) is 5.10 Å². The Morgan fingerprint density at radius 1 is 1.00 bits per heavy atom. The zero-order chi connectivity index (χ0) is 12.4. The topological polar surface area (TPSA) is 30.7 Å². The minimum atomic E-state index is 0.979. The summed E-state index contributed by atoms with van der Waals surface area (Å²) in [6, 6.07) is 14.1. The van der Waals surface area contributed by atoms with Gasteiger partial charge in [0.25, 0.3) is 0 Å². The number of nitrogens with zero attached hydrogens (tertiary/aromatic N) is 3. The maximum Gasteiger partial charge on any atom is 0.0972 e. The maximum absolute atomic E-state index is 4.63. The highest BCUT2D eigenvalue weighted by atomic mass is 15.3. The Bertz CT molecular complexity index is 642. The lowest BCUT2D eigenvalue weighted by Gasteiger charge is -1.99. The van der Waals surface area contributed by atoms with Crippen molar-refractivity contribution in [3.63, 3.8) is 0 Å². The molecule has 0 unspecified atom stereocenters. The van der Waals surface area contributed by atoms with E-state index in [-0.39, 0.29) is 0 Å². The molecule has 3 nitrogen and oxygen atoms in total. The van der Waals surface area contributed by atoms with Crippen LogP contribution < -0.4 is 0 Å². The van der Waals surface area contributed by atoms with Crippen LogP contribution in [0.3, 0.4) is 0 Å². The quantitative estimate of drug-likeness (QED) is 0.682. The lowest BCUT2D eigenvalue weighted by atomic mass is 10.1. The number of hydrogen-bond donors (Lipinski definition) is 0. The highest BCUT2D eigenvalue weighted by Crippen LogP contribution is 2.21. The van der Waals surface area contributed by atoms with E-state index in [9.17, 15) is 0 Å². The van der Waals surface area contributed by atoms with E-state index in [1.165, 1.54) is 0 Å². The highest BCUT2D eigenvalue weighted by Gasteiger charge is 2.08. The van der Waals surface area contributed by atoms with Crippen LogP contribution in [-0.2, 0) is 0 Å². The Balaban J connectivity index is 2.07. The van der Waals surface area contributed by atoms with Gasteiger partial charge in [-0.3, -0.25) is 4.98 Å².